The molecule has 9 nitrogen and oxygen atoms in total. The summed E-state index contributed by atoms with van der Waals surface area (Å²) < 4.78 is 23.9. The van der Waals surface area contributed by atoms with Crippen molar-refractivity contribution in [2.24, 2.45) is 0 Å². The first kappa shape index (κ1) is 18.9. The molecule has 0 bridgehead atoms. The summed E-state index contributed by atoms with van der Waals surface area (Å²) in [4.78, 5) is 8.89. The van der Waals surface area contributed by atoms with Crippen molar-refractivity contribution >= 4 is 17.2 Å². The smallest absolute Gasteiger partial charge is 0.201 e. The highest BCUT2D eigenvalue weighted by atomic mass is 16.6. The Morgan fingerprint density at radius 3 is 2.71 bits per heavy atom. The monoisotopic (exact) mass is 420 g/mol. The van der Waals surface area contributed by atoms with Gasteiger partial charge in [-0.2, -0.15) is 0 Å². The van der Waals surface area contributed by atoms with E-state index in [4.69, 9.17) is 23.9 Å². The number of aromatic hydroxyl groups is 1. The molecule has 4 aromatic rings. The number of hydrogen-bond acceptors (Lipinski definition) is 8. The summed E-state index contributed by atoms with van der Waals surface area (Å²) in [7, 11) is 2.98. The van der Waals surface area contributed by atoms with Crippen LogP contribution >= 0.6 is 0 Å². The molecule has 5 rings (SSSR count). The Labute approximate surface area is 177 Å². The third-order valence-corrected chi connectivity index (χ3v) is 5.01. The summed E-state index contributed by atoms with van der Waals surface area (Å²) in [6.07, 6.45) is 5.15. The Balaban J connectivity index is 1.66. The van der Waals surface area contributed by atoms with Gasteiger partial charge in [-0.05, 0) is 24.3 Å². The lowest BCUT2D eigenvalue weighted by atomic mass is 10.1. The van der Waals surface area contributed by atoms with Crippen molar-refractivity contribution in [3.05, 3.63) is 48.9 Å². The lowest BCUT2D eigenvalue weighted by Gasteiger charge is -2.19. The third kappa shape index (κ3) is 3.20. The molecule has 1 aliphatic heterocycles. The van der Waals surface area contributed by atoms with Crippen molar-refractivity contribution in [2.45, 2.75) is 0 Å². The van der Waals surface area contributed by atoms with Gasteiger partial charge in [0.05, 0.1) is 26.0 Å². The van der Waals surface area contributed by atoms with Gasteiger partial charge in [-0.1, -0.05) is 0 Å². The van der Waals surface area contributed by atoms with Gasteiger partial charge in [-0.25, -0.2) is 4.98 Å². The maximum Gasteiger partial charge on any atom is 0.201 e. The second-order valence-corrected chi connectivity index (χ2v) is 6.79. The fourth-order valence-electron chi connectivity index (χ4n) is 3.58. The SMILES string of the molecule is COc1ccc(-c2nc3cnccn3c2Nc2ccc3c(c2)OCCO3)c(OC)c1O. The number of benzene rings is 2. The van der Waals surface area contributed by atoms with Gasteiger partial charge in [0.25, 0.3) is 0 Å². The first-order chi connectivity index (χ1) is 15.2. The number of phenolic OH excluding ortho intramolecular Hbond substituents is 1. The van der Waals surface area contributed by atoms with E-state index in [9.17, 15) is 5.11 Å². The van der Waals surface area contributed by atoms with E-state index >= 15 is 0 Å². The van der Waals surface area contributed by atoms with Gasteiger partial charge in [0, 0.05) is 24.1 Å². The standard InChI is InChI=1S/C22H20N4O5/c1-28-16-6-4-14(21(29-2)20(16)27)19-22(26-8-7-23-12-18(26)25-19)24-13-3-5-15-17(11-13)31-10-9-30-15/h3-8,11-12,24,27H,9-10H2,1-2H3. The van der Waals surface area contributed by atoms with E-state index in [0.29, 0.717) is 53.2 Å². The Hall–Kier alpha value is -4.14. The number of imidazole rings is 1. The van der Waals surface area contributed by atoms with Crippen LogP contribution < -0.4 is 24.3 Å². The molecule has 0 radical (unpaired) electrons. The van der Waals surface area contributed by atoms with Crippen LogP contribution in [0.4, 0.5) is 11.5 Å². The van der Waals surface area contributed by atoms with Crippen LogP contribution in [-0.2, 0) is 0 Å². The molecule has 2 N–H and O–H groups in total. The molecule has 158 valence electrons. The largest absolute Gasteiger partial charge is 0.502 e. The van der Waals surface area contributed by atoms with E-state index in [1.165, 1.54) is 14.2 Å². The highest BCUT2D eigenvalue weighted by Crippen LogP contribution is 2.45. The first-order valence-corrected chi connectivity index (χ1v) is 9.62. The lowest BCUT2D eigenvalue weighted by Crippen LogP contribution is -2.15. The van der Waals surface area contributed by atoms with E-state index in [0.717, 1.165) is 5.69 Å². The van der Waals surface area contributed by atoms with Gasteiger partial charge in [0.2, 0.25) is 5.75 Å². The van der Waals surface area contributed by atoms with Crippen LogP contribution in [0.5, 0.6) is 28.7 Å². The van der Waals surface area contributed by atoms with Crippen LogP contribution in [0.25, 0.3) is 16.9 Å². The lowest BCUT2D eigenvalue weighted by molar-refractivity contribution is 0.171. The molecule has 9 heteroatoms. The molecule has 31 heavy (non-hydrogen) atoms. The molecular formula is C22H20N4O5. The van der Waals surface area contributed by atoms with Crippen molar-refractivity contribution in [3.63, 3.8) is 0 Å². The number of rotatable bonds is 5. The number of aromatic nitrogens is 3. The minimum Gasteiger partial charge on any atom is -0.502 e. The zero-order chi connectivity index (χ0) is 21.4. The molecule has 0 fully saturated rings. The Bertz CT molecular complexity index is 1270. The molecule has 0 spiro atoms. The predicted octanol–water partition coefficient (Wildman–Crippen LogP) is 3.63. The summed E-state index contributed by atoms with van der Waals surface area (Å²) in [5.74, 6) is 2.54. The van der Waals surface area contributed by atoms with Crippen LogP contribution in [0.2, 0.25) is 0 Å². The quantitative estimate of drug-likeness (QED) is 0.505. The summed E-state index contributed by atoms with van der Waals surface area (Å²) in [6.45, 7) is 1.04. The zero-order valence-electron chi connectivity index (χ0n) is 17.0. The molecular weight excluding hydrogens is 400 g/mol. The van der Waals surface area contributed by atoms with Gasteiger partial charge < -0.3 is 29.4 Å². The Morgan fingerprint density at radius 1 is 1.06 bits per heavy atom. The fourth-order valence-corrected chi connectivity index (χ4v) is 3.58. The van der Waals surface area contributed by atoms with Crippen LogP contribution in [-0.4, -0.2) is 46.9 Å². The fraction of sp³-hybridized carbons (Fsp3) is 0.182. The Kier molecular flexibility index (Phi) is 4.62. The molecule has 0 saturated heterocycles. The number of nitrogens with one attached hydrogen (secondary N) is 1. The van der Waals surface area contributed by atoms with Crippen molar-refractivity contribution in [3.8, 4) is 40.0 Å². The number of hydrogen-bond donors (Lipinski definition) is 2. The van der Waals surface area contributed by atoms with E-state index in [1.54, 1.807) is 24.5 Å². The van der Waals surface area contributed by atoms with Crippen molar-refractivity contribution in [2.75, 3.05) is 32.8 Å². The summed E-state index contributed by atoms with van der Waals surface area (Å²) in [6, 6.07) is 9.11. The molecule has 0 unspecified atom stereocenters. The van der Waals surface area contributed by atoms with Gasteiger partial charge in [-0.3, -0.25) is 9.38 Å². The molecule has 2 aromatic carbocycles. The average Bonchev–Trinajstić information content (AvgIpc) is 3.17. The first-order valence-electron chi connectivity index (χ1n) is 9.62. The minimum atomic E-state index is -0.0945. The summed E-state index contributed by atoms with van der Waals surface area (Å²) in [5.41, 5.74) is 2.61. The minimum absolute atomic E-state index is 0.0945. The normalized spacial score (nSPS) is 12.6. The molecule has 0 amide bonds. The van der Waals surface area contributed by atoms with Crippen molar-refractivity contribution in [1.29, 1.82) is 0 Å². The second kappa shape index (κ2) is 7.60. The van der Waals surface area contributed by atoms with Crippen molar-refractivity contribution < 1.29 is 24.1 Å². The molecule has 0 atom stereocenters. The van der Waals surface area contributed by atoms with E-state index in [2.05, 4.69) is 10.3 Å². The van der Waals surface area contributed by atoms with Gasteiger partial charge in [0.15, 0.2) is 28.6 Å². The molecule has 0 aliphatic carbocycles. The summed E-state index contributed by atoms with van der Waals surface area (Å²) >= 11 is 0. The van der Waals surface area contributed by atoms with Gasteiger partial charge >= 0.3 is 0 Å². The summed E-state index contributed by atoms with van der Waals surface area (Å²) in [5, 5.41) is 14.0. The highest BCUT2D eigenvalue weighted by Gasteiger charge is 2.22. The van der Waals surface area contributed by atoms with Crippen molar-refractivity contribution in [1.82, 2.24) is 14.4 Å². The average molecular weight is 420 g/mol. The van der Waals surface area contributed by atoms with Crippen LogP contribution in [0.15, 0.2) is 48.9 Å². The molecule has 2 aromatic heterocycles. The van der Waals surface area contributed by atoms with Gasteiger partial charge in [0.1, 0.15) is 24.7 Å². The van der Waals surface area contributed by atoms with E-state index < -0.39 is 0 Å². The maximum atomic E-state index is 10.6. The van der Waals surface area contributed by atoms with Crippen LogP contribution in [0.1, 0.15) is 0 Å². The topological polar surface area (TPSA) is 99.4 Å². The Morgan fingerprint density at radius 2 is 1.90 bits per heavy atom. The number of nitrogens with zero attached hydrogens (tertiary/aromatic N) is 3. The predicted molar refractivity (Wildman–Crippen MR) is 114 cm³/mol. The number of methoxy groups -OCH3 is 2. The highest BCUT2D eigenvalue weighted by molar-refractivity contribution is 5.85. The molecule has 1 aliphatic rings. The van der Waals surface area contributed by atoms with Crippen LogP contribution in [0, 0.1) is 0 Å². The zero-order valence-corrected chi connectivity index (χ0v) is 17.0. The number of phenols is 1. The van der Waals surface area contributed by atoms with E-state index in [-0.39, 0.29) is 11.5 Å². The molecule has 3 heterocycles. The third-order valence-electron chi connectivity index (χ3n) is 5.01. The van der Waals surface area contributed by atoms with Crippen LogP contribution in [0.3, 0.4) is 0 Å². The van der Waals surface area contributed by atoms with E-state index in [1.807, 2.05) is 28.8 Å². The number of ether oxygens (including phenoxy) is 4. The second-order valence-electron chi connectivity index (χ2n) is 6.79. The number of anilines is 2. The number of fused-ring (bicyclic) bond motifs is 2. The molecule has 0 saturated carbocycles. The van der Waals surface area contributed by atoms with Gasteiger partial charge in [-0.15, -0.1) is 0 Å². The maximum absolute atomic E-state index is 10.6.